The number of amides is 2. The van der Waals surface area contributed by atoms with Crippen LogP contribution in [0, 0.1) is 0 Å². The topological polar surface area (TPSA) is 123 Å². The number of ether oxygens (including phenoxy) is 2. The van der Waals surface area contributed by atoms with Crippen LogP contribution in [0.25, 0.3) is 0 Å². The van der Waals surface area contributed by atoms with Crippen molar-refractivity contribution in [1.82, 2.24) is 19.6 Å². The fourth-order valence-electron chi connectivity index (χ4n) is 4.22. The van der Waals surface area contributed by atoms with Crippen molar-refractivity contribution in [2.75, 3.05) is 58.3 Å². The fourth-order valence-corrected chi connectivity index (χ4v) is 4.22. The van der Waals surface area contributed by atoms with Gasteiger partial charge in [0.05, 0.1) is 43.8 Å². The second kappa shape index (κ2) is 13.0. The molecule has 2 aromatic carbocycles. The Morgan fingerprint density at radius 1 is 0.838 bits per heavy atom. The summed E-state index contributed by atoms with van der Waals surface area (Å²) in [6.45, 7) is 3.48. The molecule has 3 aromatic rings. The molecule has 2 aliphatic heterocycles. The van der Waals surface area contributed by atoms with E-state index in [1.54, 1.807) is 17.3 Å². The highest BCUT2D eigenvalue weighted by Gasteiger charge is 2.25. The van der Waals surface area contributed by atoms with Gasteiger partial charge in [0.15, 0.2) is 0 Å². The van der Waals surface area contributed by atoms with E-state index in [0.29, 0.717) is 45.1 Å². The molecule has 10 nitrogen and oxygen atoms in total. The number of carbonyl (C=O) groups excluding carboxylic acids is 2. The van der Waals surface area contributed by atoms with E-state index in [9.17, 15) is 14.7 Å². The summed E-state index contributed by atoms with van der Waals surface area (Å²) in [5.41, 5.74) is 8.32. The first kappa shape index (κ1) is 26.3. The maximum absolute atomic E-state index is 11.9. The molecule has 2 unspecified atom stereocenters. The first-order valence-corrected chi connectivity index (χ1v) is 12.3. The first-order chi connectivity index (χ1) is 18.0. The van der Waals surface area contributed by atoms with Crippen molar-refractivity contribution in [2.24, 2.45) is 0 Å². The van der Waals surface area contributed by atoms with Crippen molar-refractivity contribution in [3.8, 4) is 0 Å². The number of nitrogens with zero attached hydrogens (tertiary/aromatic N) is 4. The van der Waals surface area contributed by atoms with Gasteiger partial charge in [0.2, 0.25) is 11.8 Å². The molecule has 3 heterocycles. The van der Waals surface area contributed by atoms with Gasteiger partial charge in [0.1, 0.15) is 13.2 Å². The number of β-amino-alcohol motifs (C(OH)–C–C–N with tert-alkyl or cyclic N) is 1. The highest BCUT2D eigenvalue weighted by atomic mass is 16.5. The second-order valence-corrected chi connectivity index (χ2v) is 8.89. The standard InChI is InChI=1S/C15H18N4O2.C12H15NO3/c16-13-8-17-19(9-13)14(12-4-2-1-3-5-12)10-18-6-7-21-11-15(18)20;14-11(10-4-2-1-3-5-10)8-13-6-7-16-9-12(13)15/h1-5,8-9,14H,6-7,10-11,16H2;1-5,11,14H,6-9H2. The van der Waals surface area contributed by atoms with Gasteiger partial charge < -0.3 is 30.1 Å². The van der Waals surface area contributed by atoms with Crippen LogP contribution in [0.5, 0.6) is 0 Å². The minimum absolute atomic E-state index is 0.0160. The minimum atomic E-state index is -0.622. The number of benzene rings is 2. The van der Waals surface area contributed by atoms with Gasteiger partial charge in [-0.05, 0) is 11.1 Å². The third kappa shape index (κ3) is 7.39. The van der Waals surface area contributed by atoms with Gasteiger partial charge in [-0.1, -0.05) is 60.7 Å². The number of aliphatic hydroxyl groups is 1. The van der Waals surface area contributed by atoms with Crippen LogP contribution in [-0.4, -0.2) is 89.1 Å². The molecule has 0 radical (unpaired) electrons. The normalized spacial score (nSPS) is 17.6. The van der Waals surface area contributed by atoms with Crippen molar-refractivity contribution in [1.29, 1.82) is 0 Å². The minimum Gasteiger partial charge on any atom is -0.396 e. The van der Waals surface area contributed by atoms with Crippen molar-refractivity contribution in [3.05, 3.63) is 84.2 Å². The highest BCUT2D eigenvalue weighted by Crippen LogP contribution is 2.21. The zero-order chi connectivity index (χ0) is 26.0. The average molecular weight is 508 g/mol. The van der Waals surface area contributed by atoms with Crippen LogP contribution < -0.4 is 5.73 Å². The summed E-state index contributed by atoms with van der Waals surface area (Å²) in [4.78, 5) is 26.9. The highest BCUT2D eigenvalue weighted by molar-refractivity contribution is 5.78. The molecular weight excluding hydrogens is 474 g/mol. The van der Waals surface area contributed by atoms with E-state index in [4.69, 9.17) is 15.2 Å². The van der Waals surface area contributed by atoms with E-state index in [-0.39, 0.29) is 31.1 Å². The molecule has 2 atom stereocenters. The maximum atomic E-state index is 11.9. The number of hydrogen-bond acceptors (Lipinski definition) is 7. The third-order valence-corrected chi connectivity index (χ3v) is 6.26. The lowest BCUT2D eigenvalue weighted by Crippen LogP contribution is -2.44. The van der Waals surface area contributed by atoms with Gasteiger partial charge in [-0.3, -0.25) is 14.3 Å². The molecule has 196 valence electrons. The second-order valence-electron chi connectivity index (χ2n) is 8.89. The first-order valence-electron chi connectivity index (χ1n) is 12.3. The Morgan fingerprint density at radius 2 is 1.38 bits per heavy atom. The Bertz CT molecular complexity index is 1140. The van der Waals surface area contributed by atoms with E-state index in [1.807, 2.05) is 70.2 Å². The van der Waals surface area contributed by atoms with E-state index in [2.05, 4.69) is 5.10 Å². The number of nitrogens with two attached hydrogens (primary N) is 1. The molecule has 2 amide bonds. The number of rotatable bonds is 7. The number of carbonyl (C=O) groups is 2. The molecular formula is C27H33N5O5. The lowest BCUT2D eigenvalue weighted by atomic mass is 10.1. The van der Waals surface area contributed by atoms with Crippen molar-refractivity contribution in [2.45, 2.75) is 12.1 Å². The SMILES string of the molecule is Nc1cnn(C(CN2CCOCC2=O)c2ccccc2)c1.O=C1COCCN1CC(O)c1ccccc1. The lowest BCUT2D eigenvalue weighted by molar-refractivity contribution is -0.144. The molecule has 0 bridgehead atoms. The van der Waals surface area contributed by atoms with E-state index in [1.165, 1.54) is 0 Å². The van der Waals surface area contributed by atoms with Gasteiger partial charge in [-0.25, -0.2) is 0 Å². The Kier molecular flexibility index (Phi) is 9.25. The van der Waals surface area contributed by atoms with Gasteiger partial charge in [0, 0.05) is 25.8 Å². The number of morpholine rings is 2. The molecule has 10 heteroatoms. The predicted octanol–water partition coefficient (Wildman–Crippen LogP) is 1.49. The lowest BCUT2D eigenvalue weighted by Gasteiger charge is -2.31. The summed E-state index contributed by atoms with van der Waals surface area (Å²) in [6, 6.07) is 19.3. The molecule has 0 saturated carbocycles. The zero-order valence-electron chi connectivity index (χ0n) is 20.7. The van der Waals surface area contributed by atoms with Crippen LogP contribution >= 0.6 is 0 Å². The molecule has 37 heavy (non-hydrogen) atoms. The maximum Gasteiger partial charge on any atom is 0.248 e. The Balaban J connectivity index is 0.000000180. The Hall–Kier alpha value is -3.73. The molecule has 2 fully saturated rings. The molecule has 0 spiro atoms. The van der Waals surface area contributed by atoms with Crippen molar-refractivity contribution in [3.63, 3.8) is 0 Å². The smallest absolute Gasteiger partial charge is 0.248 e. The molecule has 3 N–H and O–H groups in total. The molecule has 5 rings (SSSR count). The molecule has 2 aliphatic rings. The number of aliphatic hydroxyl groups excluding tert-OH is 1. The third-order valence-electron chi connectivity index (χ3n) is 6.26. The Morgan fingerprint density at radius 3 is 1.89 bits per heavy atom. The number of nitrogen functional groups attached to an aromatic ring is 1. The molecule has 1 aromatic heterocycles. The van der Waals surface area contributed by atoms with Gasteiger partial charge in [-0.2, -0.15) is 5.10 Å². The molecule has 0 aliphatic carbocycles. The molecule has 2 saturated heterocycles. The average Bonchev–Trinajstić information content (AvgIpc) is 3.36. The summed E-state index contributed by atoms with van der Waals surface area (Å²) in [7, 11) is 0. The summed E-state index contributed by atoms with van der Waals surface area (Å²) >= 11 is 0. The summed E-state index contributed by atoms with van der Waals surface area (Å²) < 4.78 is 12.0. The van der Waals surface area contributed by atoms with Crippen LogP contribution in [0.3, 0.4) is 0 Å². The zero-order valence-corrected chi connectivity index (χ0v) is 20.7. The predicted molar refractivity (Wildman–Crippen MR) is 137 cm³/mol. The fraction of sp³-hybridized carbons (Fsp3) is 0.370. The number of aromatic nitrogens is 2. The van der Waals surface area contributed by atoms with E-state index < -0.39 is 6.10 Å². The summed E-state index contributed by atoms with van der Waals surface area (Å²) in [6.07, 6.45) is 2.79. The summed E-state index contributed by atoms with van der Waals surface area (Å²) in [5, 5.41) is 14.3. The van der Waals surface area contributed by atoms with Crippen LogP contribution in [0.4, 0.5) is 5.69 Å². The monoisotopic (exact) mass is 507 g/mol. The Labute approximate surface area is 216 Å². The number of anilines is 1. The van der Waals surface area contributed by atoms with Crippen LogP contribution in [0.2, 0.25) is 0 Å². The largest absolute Gasteiger partial charge is 0.396 e. The van der Waals surface area contributed by atoms with Crippen molar-refractivity contribution >= 4 is 17.5 Å². The summed E-state index contributed by atoms with van der Waals surface area (Å²) in [5.74, 6) is -0.0384. The van der Waals surface area contributed by atoms with Crippen LogP contribution in [0.15, 0.2) is 73.1 Å². The van der Waals surface area contributed by atoms with Crippen molar-refractivity contribution < 1.29 is 24.2 Å². The quantitative estimate of drug-likeness (QED) is 0.497. The number of hydrogen-bond donors (Lipinski definition) is 2. The van der Waals surface area contributed by atoms with Gasteiger partial charge in [-0.15, -0.1) is 0 Å². The van der Waals surface area contributed by atoms with Gasteiger partial charge in [0.25, 0.3) is 0 Å². The van der Waals surface area contributed by atoms with E-state index >= 15 is 0 Å². The van der Waals surface area contributed by atoms with Gasteiger partial charge >= 0.3 is 0 Å². The van der Waals surface area contributed by atoms with Crippen LogP contribution in [-0.2, 0) is 19.1 Å². The van der Waals surface area contributed by atoms with E-state index in [0.717, 1.165) is 11.1 Å². The van der Waals surface area contributed by atoms with Crippen LogP contribution in [0.1, 0.15) is 23.3 Å².